The molecule has 0 bridgehead atoms. The van der Waals surface area contributed by atoms with E-state index in [1.54, 1.807) is 0 Å². The Hall–Kier alpha value is -0.440. The smallest absolute Gasteiger partial charge is 0.129 e. The summed E-state index contributed by atoms with van der Waals surface area (Å²) in [6.07, 6.45) is 9.21. The monoisotopic (exact) mass is 368 g/mol. The van der Waals surface area contributed by atoms with Crippen LogP contribution < -0.4 is 0 Å². The summed E-state index contributed by atoms with van der Waals surface area (Å²) in [7, 11) is 0. The molecule has 0 aromatic carbocycles. The highest BCUT2D eigenvalue weighted by molar-refractivity contribution is 5.07. The third kappa shape index (κ3) is 5.30. The van der Waals surface area contributed by atoms with Crippen LogP contribution in [0.5, 0.6) is 0 Å². The lowest BCUT2D eigenvalue weighted by Gasteiger charge is -2.41. The van der Waals surface area contributed by atoms with Crippen LogP contribution in [0.15, 0.2) is 12.2 Å². The molecule has 0 radical (unpaired) electrons. The predicted molar refractivity (Wildman–Crippen MR) is 104 cm³/mol. The molecule has 0 saturated heterocycles. The van der Waals surface area contributed by atoms with Crippen LogP contribution in [-0.4, -0.2) is 24.6 Å². The van der Waals surface area contributed by atoms with Gasteiger partial charge in [0.1, 0.15) is 18.4 Å². The molecule has 3 fully saturated rings. The van der Waals surface area contributed by atoms with Crippen molar-refractivity contribution in [3.8, 4) is 0 Å². The maximum atomic E-state index is 14.5. The standard InChI is InChI=1S/C23H38F2O/c1-15(2)26-23-21(24)13-20(14-22(23)25)19-9-7-17(8-10-19)5-4-6-18-11-16(3)12-18/h15,17-23H,3-14H2,1-2H3. The summed E-state index contributed by atoms with van der Waals surface area (Å²) in [6, 6.07) is 0. The Morgan fingerprint density at radius 1 is 0.923 bits per heavy atom. The second-order valence-electron chi connectivity index (χ2n) is 9.65. The van der Waals surface area contributed by atoms with E-state index < -0.39 is 18.4 Å². The van der Waals surface area contributed by atoms with Crippen molar-refractivity contribution < 1.29 is 13.5 Å². The largest absolute Gasteiger partial charge is 0.369 e. The first-order valence-electron chi connectivity index (χ1n) is 11.0. The number of rotatable bonds is 7. The van der Waals surface area contributed by atoms with Gasteiger partial charge in [-0.05, 0) is 82.5 Å². The lowest BCUT2D eigenvalue weighted by Crippen LogP contribution is -2.45. The molecule has 0 heterocycles. The number of hydrogen-bond donors (Lipinski definition) is 0. The zero-order valence-electron chi connectivity index (χ0n) is 16.8. The van der Waals surface area contributed by atoms with Crippen molar-refractivity contribution >= 4 is 0 Å². The van der Waals surface area contributed by atoms with Crippen molar-refractivity contribution in [2.75, 3.05) is 0 Å². The summed E-state index contributed by atoms with van der Waals surface area (Å²) in [4.78, 5) is 0. The Labute approximate surface area is 159 Å². The first-order chi connectivity index (χ1) is 12.4. The van der Waals surface area contributed by atoms with Gasteiger partial charge in [0.15, 0.2) is 0 Å². The Kier molecular flexibility index (Phi) is 7.16. The molecule has 1 nitrogen and oxygen atoms in total. The van der Waals surface area contributed by atoms with Crippen LogP contribution in [0.1, 0.15) is 84.5 Å². The molecule has 0 aromatic rings. The quantitative estimate of drug-likeness (QED) is 0.449. The number of alkyl halides is 2. The van der Waals surface area contributed by atoms with Gasteiger partial charge in [-0.2, -0.15) is 0 Å². The number of ether oxygens (including phenoxy) is 1. The number of allylic oxidation sites excluding steroid dienone is 1. The predicted octanol–water partition coefficient (Wildman–Crippen LogP) is 6.81. The normalized spacial score (nSPS) is 39.2. The van der Waals surface area contributed by atoms with Gasteiger partial charge in [-0.25, -0.2) is 8.78 Å². The maximum absolute atomic E-state index is 14.5. The molecular weight excluding hydrogens is 330 g/mol. The van der Waals surface area contributed by atoms with Crippen LogP contribution in [0.3, 0.4) is 0 Å². The second-order valence-corrected chi connectivity index (χ2v) is 9.65. The van der Waals surface area contributed by atoms with Crippen molar-refractivity contribution in [1.29, 1.82) is 0 Å². The summed E-state index contributed by atoms with van der Waals surface area (Å²) < 4.78 is 34.5. The third-order valence-electron chi connectivity index (χ3n) is 7.14. The summed E-state index contributed by atoms with van der Waals surface area (Å²) in [5.74, 6) is 2.49. The van der Waals surface area contributed by atoms with Gasteiger partial charge in [-0.15, -0.1) is 0 Å². The minimum Gasteiger partial charge on any atom is -0.369 e. The van der Waals surface area contributed by atoms with Crippen molar-refractivity contribution in [3.05, 3.63) is 12.2 Å². The summed E-state index contributed by atoms with van der Waals surface area (Å²) >= 11 is 0. The SMILES string of the molecule is C=C1CC(CCCC2CCC(C3CC(F)C(OC(C)C)C(F)C3)CC2)C1. The summed E-state index contributed by atoms with van der Waals surface area (Å²) in [5, 5.41) is 0. The minimum atomic E-state index is -1.14. The van der Waals surface area contributed by atoms with Gasteiger partial charge in [0.2, 0.25) is 0 Å². The van der Waals surface area contributed by atoms with E-state index in [-0.39, 0.29) is 12.0 Å². The van der Waals surface area contributed by atoms with Crippen LogP contribution in [0, 0.1) is 23.7 Å². The lowest BCUT2D eigenvalue weighted by atomic mass is 9.69. The maximum Gasteiger partial charge on any atom is 0.129 e. The van der Waals surface area contributed by atoms with Crippen LogP contribution in [0.4, 0.5) is 8.78 Å². The van der Waals surface area contributed by atoms with Crippen molar-refractivity contribution in [2.24, 2.45) is 23.7 Å². The molecule has 3 saturated carbocycles. The first kappa shape index (κ1) is 20.3. The zero-order chi connectivity index (χ0) is 18.7. The molecule has 0 spiro atoms. The van der Waals surface area contributed by atoms with Crippen molar-refractivity contribution in [3.63, 3.8) is 0 Å². The van der Waals surface area contributed by atoms with E-state index in [0.29, 0.717) is 18.8 Å². The number of halogens is 2. The van der Waals surface area contributed by atoms with Crippen LogP contribution in [-0.2, 0) is 4.74 Å². The van der Waals surface area contributed by atoms with Crippen molar-refractivity contribution in [1.82, 2.24) is 0 Å². The molecule has 3 aliphatic carbocycles. The Bertz CT molecular complexity index is 435. The van der Waals surface area contributed by atoms with E-state index in [1.165, 1.54) is 63.4 Å². The molecule has 3 rings (SSSR count). The summed E-state index contributed by atoms with van der Waals surface area (Å²) in [6.45, 7) is 7.74. The van der Waals surface area contributed by atoms with Crippen LogP contribution in [0.2, 0.25) is 0 Å². The topological polar surface area (TPSA) is 9.23 Å². The number of hydrogen-bond acceptors (Lipinski definition) is 1. The lowest BCUT2D eigenvalue weighted by molar-refractivity contribution is -0.111. The van der Waals surface area contributed by atoms with Gasteiger partial charge in [0.05, 0.1) is 6.10 Å². The Morgan fingerprint density at radius 3 is 2.04 bits per heavy atom. The highest BCUT2D eigenvalue weighted by Crippen LogP contribution is 2.43. The molecule has 2 unspecified atom stereocenters. The molecule has 2 atom stereocenters. The third-order valence-corrected chi connectivity index (χ3v) is 7.14. The van der Waals surface area contributed by atoms with Gasteiger partial charge < -0.3 is 4.74 Å². The molecule has 0 aliphatic heterocycles. The van der Waals surface area contributed by atoms with Crippen molar-refractivity contribution in [2.45, 2.75) is 109 Å². The van der Waals surface area contributed by atoms with E-state index >= 15 is 0 Å². The van der Waals surface area contributed by atoms with Gasteiger partial charge in [0, 0.05) is 0 Å². The highest BCUT2D eigenvalue weighted by atomic mass is 19.1. The molecule has 0 amide bonds. The van der Waals surface area contributed by atoms with Gasteiger partial charge in [-0.1, -0.05) is 37.8 Å². The fourth-order valence-corrected chi connectivity index (χ4v) is 5.64. The molecule has 26 heavy (non-hydrogen) atoms. The van der Waals surface area contributed by atoms with E-state index in [1.807, 2.05) is 13.8 Å². The molecule has 150 valence electrons. The minimum absolute atomic E-state index is 0.110. The van der Waals surface area contributed by atoms with Crippen LogP contribution >= 0.6 is 0 Å². The van der Waals surface area contributed by atoms with E-state index in [0.717, 1.165) is 11.8 Å². The fraction of sp³-hybridized carbons (Fsp3) is 0.913. The molecular formula is C23H38F2O. The molecule has 0 aromatic heterocycles. The Morgan fingerprint density at radius 2 is 1.50 bits per heavy atom. The molecule has 3 heteroatoms. The average Bonchev–Trinajstić information content (AvgIpc) is 2.57. The highest BCUT2D eigenvalue weighted by Gasteiger charge is 2.42. The van der Waals surface area contributed by atoms with E-state index in [4.69, 9.17) is 4.74 Å². The van der Waals surface area contributed by atoms with Gasteiger partial charge in [-0.3, -0.25) is 0 Å². The van der Waals surface area contributed by atoms with Gasteiger partial charge in [0.25, 0.3) is 0 Å². The average molecular weight is 369 g/mol. The van der Waals surface area contributed by atoms with Gasteiger partial charge >= 0.3 is 0 Å². The first-order valence-corrected chi connectivity index (χ1v) is 11.0. The molecule has 0 N–H and O–H groups in total. The molecule has 3 aliphatic rings. The van der Waals surface area contributed by atoms with E-state index in [2.05, 4.69) is 6.58 Å². The zero-order valence-corrected chi connectivity index (χ0v) is 16.8. The van der Waals surface area contributed by atoms with E-state index in [9.17, 15) is 8.78 Å². The Balaban J connectivity index is 1.36. The summed E-state index contributed by atoms with van der Waals surface area (Å²) in [5.41, 5.74) is 1.43. The van der Waals surface area contributed by atoms with Crippen LogP contribution in [0.25, 0.3) is 0 Å². The fourth-order valence-electron chi connectivity index (χ4n) is 5.64. The second kappa shape index (κ2) is 9.17.